The summed E-state index contributed by atoms with van der Waals surface area (Å²) in [6, 6.07) is 0.176. The van der Waals surface area contributed by atoms with Crippen LogP contribution in [-0.2, 0) is 0 Å². The second-order valence-electron chi connectivity index (χ2n) is 3.50. The monoisotopic (exact) mass is 211 g/mol. The molecule has 0 atom stereocenters. The van der Waals surface area contributed by atoms with E-state index in [1.807, 2.05) is 0 Å². The van der Waals surface area contributed by atoms with Crippen LogP contribution in [0.1, 0.15) is 23.3 Å². The number of hydrogen-bond donors (Lipinski definition) is 3. The van der Waals surface area contributed by atoms with E-state index in [9.17, 15) is 4.79 Å². The Bertz CT molecular complexity index is 345. The highest BCUT2D eigenvalue weighted by atomic mass is 16.6. The van der Waals surface area contributed by atoms with Crippen LogP contribution in [0.15, 0.2) is 4.63 Å². The van der Waals surface area contributed by atoms with Gasteiger partial charge in [-0.05, 0) is 36.2 Å². The van der Waals surface area contributed by atoms with Crippen molar-refractivity contribution in [2.75, 3.05) is 18.8 Å². The summed E-state index contributed by atoms with van der Waals surface area (Å²) in [6.07, 6.45) is 1.83. The summed E-state index contributed by atoms with van der Waals surface area (Å²) in [7, 11) is 0. The van der Waals surface area contributed by atoms with Gasteiger partial charge < -0.3 is 16.4 Å². The van der Waals surface area contributed by atoms with Crippen LogP contribution < -0.4 is 16.4 Å². The Morgan fingerprint density at radius 2 is 2.20 bits per heavy atom. The summed E-state index contributed by atoms with van der Waals surface area (Å²) in [5, 5.41) is 12.8. The lowest BCUT2D eigenvalue weighted by Gasteiger charge is -2.23. The van der Waals surface area contributed by atoms with Crippen molar-refractivity contribution in [3.63, 3.8) is 0 Å². The Morgan fingerprint density at radius 1 is 1.47 bits per heavy atom. The normalized spacial score (nSPS) is 17.6. The second kappa shape index (κ2) is 4.26. The average molecular weight is 211 g/mol. The van der Waals surface area contributed by atoms with Gasteiger partial charge in [-0.3, -0.25) is 4.79 Å². The second-order valence-corrected chi connectivity index (χ2v) is 3.50. The molecular formula is C8H13N5O2. The van der Waals surface area contributed by atoms with Gasteiger partial charge in [-0.25, -0.2) is 4.63 Å². The number of nitrogens with zero attached hydrogens (tertiary/aromatic N) is 2. The summed E-state index contributed by atoms with van der Waals surface area (Å²) in [5.41, 5.74) is 5.47. The maximum absolute atomic E-state index is 11.6. The first-order valence-electron chi connectivity index (χ1n) is 4.87. The third-order valence-corrected chi connectivity index (χ3v) is 2.40. The van der Waals surface area contributed by atoms with Gasteiger partial charge in [0.25, 0.3) is 5.91 Å². The molecule has 1 fully saturated rings. The number of nitrogen functional groups attached to an aromatic ring is 1. The first-order chi connectivity index (χ1) is 7.27. The average Bonchev–Trinajstić information content (AvgIpc) is 2.66. The van der Waals surface area contributed by atoms with Gasteiger partial charge in [-0.15, -0.1) is 0 Å². The summed E-state index contributed by atoms with van der Waals surface area (Å²) < 4.78 is 4.36. The molecule has 1 aromatic rings. The van der Waals surface area contributed by atoms with Crippen molar-refractivity contribution in [1.82, 2.24) is 20.9 Å². The van der Waals surface area contributed by atoms with Gasteiger partial charge in [-0.2, -0.15) is 0 Å². The van der Waals surface area contributed by atoms with Gasteiger partial charge >= 0.3 is 0 Å². The van der Waals surface area contributed by atoms with Crippen molar-refractivity contribution in [1.29, 1.82) is 0 Å². The minimum absolute atomic E-state index is 0.0291. The lowest BCUT2D eigenvalue weighted by atomic mass is 10.1. The number of carbonyl (C=O) groups excluding carboxylic acids is 1. The highest BCUT2D eigenvalue weighted by Crippen LogP contribution is 2.07. The van der Waals surface area contributed by atoms with E-state index in [0.717, 1.165) is 25.9 Å². The van der Waals surface area contributed by atoms with Crippen molar-refractivity contribution < 1.29 is 9.42 Å². The van der Waals surface area contributed by atoms with E-state index in [0.29, 0.717) is 0 Å². The highest BCUT2D eigenvalue weighted by Gasteiger charge is 2.20. The number of carbonyl (C=O) groups is 1. The molecule has 0 saturated carbocycles. The minimum atomic E-state index is -0.319. The zero-order chi connectivity index (χ0) is 10.7. The molecule has 82 valence electrons. The molecule has 0 radical (unpaired) electrons. The predicted octanol–water partition coefficient (Wildman–Crippen LogP) is -0.866. The fourth-order valence-electron chi connectivity index (χ4n) is 1.57. The van der Waals surface area contributed by atoms with Crippen molar-refractivity contribution in [2.24, 2.45) is 0 Å². The van der Waals surface area contributed by atoms with E-state index in [1.165, 1.54) is 0 Å². The fraction of sp³-hybridized carbons (Fsp3) is 0.625. The molecule has 7 nitrogen and oxygen atoms in total. The molecule has 2 heterocycles. The van der Waals surface area contributed by atoms with Crippen molar-refractivity contribution in [2.45, 2.75) is 18.9 Å². The van der Waals surface area contributed by atoms with Gasteiger partial charge in [0, 0.05) is 6.04 Å². The number of aromatic nitrogens is 2. The van der Waals surface area contributed by atoms with Crippen LogP contribution in [0.4, 0.5) is 5.82 Å². The fourth-order valence-corrected chi connectivity index (χ4v) is 1.57. The van der Waals surface area contributed by atoms with Crippen molar-refractivity contribution in [3.8, 4) is 0 Å². The Labute approximate surface area is 86.4 Å². The lowest BCUT2D eigenvalue weighted by molar-refractivity contribution is 0.0920. The molecule has 15 heavy (non-hydrogen) atoms. The highest BCUT2D eigenvalue weighted by molar-refractivity contribution is 5.96. The van der Waals surface area contributed by atoms with E-state index < -0.39 is 0 Å². The lowest BCUT2D eigenvalue weighted by Crippen LogP contribution is -2.42. The molecule has 0 bridgehead atoms. The van der Waals surface area contributed by atoms with Crippen molar-refractivity contribution >= 4 is 11.7 Å². The Morgan fingerprint density at radius 3 is 2.80 bits per heavy atom. The molecular weight excluding hydrogens is 198 g/mol. The summed E-state index contributed by atoms with van der Waals surface area (Å²) in [4.78, 5) is 11.6. The van der Waals surface area contributed by atoms with Gasteiger partial charge in [0.1, 0.15) is 0 Å². The van der Waals surface area contributed by atoms with Crippen LogP contribution in [-0.4, -0.2) is 35.4 Å². The molecule has 2 rings (SSSR count). The zero-order valence-electron chi connectivity index (χ0n) is 8.19. The molecule has 1 aliphatic rings. The summed E-state index contributed by atoms with van der Waals surface area (Å²) in [6.45, 7) is 1.83. The summed E-state index contributed by atoms with van der Waals surface area (Å²) >= 11 is 0. The van der Waals surface area contributed by atoms with E-state index in [1.54, 1.807) is 0 Å². The zero-order valence-corrected chi connectivity index (χ0v) is 8.19. The van der Waals surface area contributed by atoms with Gasteiger partial charge in [0.05, 0.1) is 0 Å². The molecule has 1 aliphatic heterocycles. The molecule has 0 aromatic carbocycles. The molecule has 0 aliphatic carbocycles. The minimum Gasteiger partial charge on any atom is -0.379 e. The van der Waals surface area contributed by atoms with Crippen LogP contribution in [0, 0.1) is 0 Å². The number of hydrogen-bond acceptors (Lipinski definition) is 6. The van der Waals surface area contributed by atoms with E-state index in [-0.39, 0.29) is 23.5 Å². The first kappa shape index (κ1) is 9.91. The third kappa shape index (κ3) is 2.24. The molecule has 1 saturated heterocycles. The number of nitrogens with two attached hydrogens (primary N) is 1. The largest absolute Gasteiger partial charge is 0.379 e. The predicted molar refractivity (Wildman–Crippen MR) is 52.1 cm³/mol. The molecule has 1 amide bonds. The van der Waals surface area contributed by atoms with Crippen LogP contribution in [0.5, 0.6) is 0 Å². The smallest absolute Gasteiger partial charge is 0.277 e. The van der Waals surface area contributed by atoms with E-state index in [4.69, 9.17) is 5.73 Å². The molecule has 7 heteroatoms. The van der Waals surface area contributed by atoms with Crippen LogP contribution in [0.3, 0.4) is 0 Å². The Balaban J connectivity index is 1.94. The molecule has 4 N–H and O–H groups in total. The SMILES string of the molecule is Nc1nonc1C(=O)NC1CCNCC1. The maximum Gasteiger partial charge on any atom is 0.277 e. The van der Waals surface area contributed by atoms with Crippen molar-refractivity contribution in [3.05, 3.63) is 5.69 Å². The number of anilines is 1. The quantitative estimate of drug-likeness (QED) is 0.587. The third-order valence-electron chi connectivity index (χ3n) is 2.40. The standard InChI is InChI=1S/C8H13N5O2/c9-7-6(12-15-13-7)8(14)11-5-1-3-10-4-2-5/h5,10H,1-4H2,(H2,9,13)(H,11,14). The van der Waals surface area contributed by atoms with Crippen LogP contribution in [0.25, 0.3) is 0 Å². The topological polar surface area (TPSA) is 106 Å². The molecule has 0 spiro atoms. The Kier molecular flexibility index (Phi) is 2.82. The number of piperidine rings is 1. The molecule has 0 unspecified atom stereocenters. The van der Waals surface area contributed by atoms with E-state index in [2.05, 4.69) is 25.6 Å². The number of nitrogens with one attached hydrogen (secondary N) is 2. The van der Waals surface area contributed by atoms with Gasteiger partial charge in [0.15, 0.2) is 0 Å². The number of amides is 1. The summed E-state index contributed by atoms with van der Waals surface area (Å²) in [5.74, 6) is -0.290. The maximum atomic E-state index is 11.6. The van der Waals surface area contributed by atoms with Gasteiger partial charge in [-0.1, -0.05) is 0 Å². The van der Waals surface area contributed by atoms with Crippen LogP contribution in [0.2, 0.25) is 0 Å². The Hall–Kier alpha value is -1.63. The van der Waals surface area contributed by atoms with Crippen LogP contribution >= 0.6 is 0 Å². The first-order valence-corrected chi connectivity index (χ1v) is 4.87. The molecule has 1 aromatic heterocycles. The number of rotatable bonds is 2. The van der Waals surface area contributed by atoms with Gasteiger partial charge in [0.2, 0.25) is 11.5 Å². The van der Waals surface area contributed by atoms with E-state index >= 15 is 0 Å².